The second-order valence-electron chi connectivity index (χ2n) is 4.32. The summed E-state index contributed by atoms with van der Waals surface area (Å²) in [5.74, 6) is -0.936. The molecule has 0 bridgehead atoms. The van der Waals surface area contributed by atoms with Crippen LogP contribution in [0.1, 0.15) is 25.8 Å². The first-order chi connectivity index (χ1) is 9.56. The Kier molecular flexibility index (Phi) is 5.99. The average Bonchev–Trinajstić information content (AvgIpc) is 2.45. The van der Waals surface area contributed by atoms with Gasteiger partial charge in [-0.2, -0.15) is 5.26 Å². The Hall–Kier alpha value is -2.60. The molecule has 1 rings (SSSR count). The van der Waals surface area contributed by atoms with E-state index in [9.17, 15) is 4.79 Å². The van der Waals surface area contributed by atoms with E-state index in [1.165, 1.54) is 0 Å². The quantitative estimate of drug-likeness (QED) is 0.499. The molecule has 0 aliphatic heterocycles. The summed E-state index contributed by atoms with van der Waals surface area (Å²) in [6.07, 6.45) is 5.59. The van der Waals surface area contributed by atoms with Gasteiger partial charge in [-0.15, -0.1) is 0 Å². The third-order valence-corrected chi connectivity index (χ3v) is 2.69. The van der Waals surface area contributed by atoms with E-state index >= 15 is 0 Å². The molecule has 0 radical (unpaired) electrons. The van der Waals surface area contributed by atoms with Gasteiger partial charge in [-0.05, 0) is 42.7 Å². The second kappa shape index (κ2) is 7.75. The molecule has 0 aliphatic carbocycles. The Balaban J connectivity index is 3.27. The number of hydrogen-bond donors (Lipinski definition) is 1. The highest BCUT2D eigenvalue weighted by atomic mass is 16.4. The molecule has 1 aromatic carbocycles. The summed E-state index contributed by atoms with van der Waals surface area (Å²) in [5.41, 5.74) is 2.51. The Morgan fingerprint density at radius 3 is 2.45 bits per heavy atom. The van der Waals surface area contributed by atoms with Gasteiger partial charge in [0.15, 0.2) is 0 Å². The van der Waals surface area contributed by atoms with Crippen LogP contribution in [0.2, 0.25) is 0 Å². The predicted octanol–water partition coefficient (Wildman–Crippen LogP) is 3.96. The highest BCUT2D eigenvalue weighted by molar-refractivity contribution is 5.87. The number of carbonyl (C=O) groups is 1. The first kappa shape index (κ1) is 15.5. The summed E-state index contributed by atoms with van der Waals surface area (Å²) in [6.45, 7) is 3.49. The van der Waals surface area contributed by atoms with Crippen LogP contribution in [0.15, 0.2) is 59.2 Å². The Morgan fingerprint density at radius 2 is 1.95 bits per heavy atom. The minimum absolute atomic E-state index is 0.314. The summed E-state index contributed by atoms with van der Waals surface area (Å²) in [6, 6.07) is 11.6. The molecule has 1 N–H and O–H groups in total. The van der Waals surface area contributed by atoms with E-state index in [0.717, 1.165) is 5.56 Å². The summed E-state index contributed by atoms with van der Waals surface area (Å²) in [5, 5.41) is 18.0. The van der Waals surface area contributed by atoms with Crippen molar-refractivity contribution in [1.29, 1.82) is 5.26 Å². The second-order valence-corrected chi connectivity index (χ2v) is 4.32. The first-order valence-corrected chi connectivity index (χ1v) is 6.35. The van der Waals surface area contributed by atoms with E-state index in [1.807, 2.05) is 42.5 Å². The van der Waals surface area contributed by atoms with Gasteiger partial charge in [0.2, 0.25) is 0 Å². The van der Waals surface area contributed by atoms with Crippen molar-refractivity contribution in [3.05, 3.63) is 64.8 Å². The number of allylic oxidation sites excluding steroid dienone is 4. The van der Waals surface area contributed by atoms with Gasteiger partial charge in [-0.25, -0.2) is 4.79 Å². The normalized spacial score (nSPS) is 12.9. The summed E-state index contributed by atoms with van der Waals surface area (Å²) >= 11 is 0. The molecule has 0 spiro atoms. The maximum absolute atomic E-state index is 11.1. The van der Waals surface area contributed by atoms with Crippen LogP contribution in [0.4, 0.5) is 0 Å². The van der Waals surface area contributed by atoms with Gasteiger partial charge in [0.05, 0.1) is 6.07 Å². The average molecular weight is 267 g/mol. The van der Waals surface area contributed by atoms with Gasteiger partial charge < -0.3 is 5.11 Å². The zero-order valence-corrected chi connectivity index (χ0v) is 11.6. The number of carboxylic acid groups (broad SMARTS) is 1. The fraction of sp³-hybridized carbons (Fsp3) is 0.176. The molecule has 0 aliphatic rings. The van der Waals surface area contributed by atoms with Crippen LogP contribution in [0.25, 0.3) is 6.08 Å². The van der Waals surface area contributed by atoms with Crippen molar-refractivity contribution in [2.75, 3.05) is 0 Å². The van der Waals surface area contributed by atoms with Crippen molar-refractivity contribution in [3.8, 4) is 6.07 Å². The van der Waals surface area contributed by atoms with E-state index in [4.69, 9.17) is 10.4 Å². The topological polar surface area (TPSA) is 61.1 Å². The summed E-state index contributed by atoms with van der Waals surface area (Å²) in [7, 11) is 0. The van der Waals surface area contributed by atoms with Crippen LogP contribution in [-0.4, -0.2) is 11.1 Å². The number of rotatable bonds is 5. The highest BCUT2D eigenvalue weighted by Gasteiger charge is 2.05. The molecule has 102 valence electrons. The molecule has 0 fully saturated rings. The molecule has 0 unspecified atom stereocenters. The Bertz CT molecular complexity index is 602. The lowest BCUT2D eigenvalue weighted by molar-refractivity contribution is -0.132. The third-order valence-electron chi connectivity index (χ3n) is 2.69. The molecule has 1 aromatic rings. The highest BCUT2D eigenvalue weighted by Crippen LogP contribution is 2.14. The SMILES string of the molecule is CCC(=CC(C=C(C)C#N)=Cc1ccccc1)C(=O)O. The van der Waals surface area contributed by atoms with Gasteiger partial charge in [-0.1, -0.05) is 37.3 Å². The van der Waals surface area contributed by atoms with Crippen LogP contribution < -0.4 is 0 Å². The number of nitriles is 1. The van der Waals surface area contributed by atoms with Gasteiger partial charge in [0, 0.05) is 11.1 Å². The Labute approximate surface area is 119 Å². The van der Waals surface area contributed by atoms with Crippen molar-refractivity contribution < 1.29 is 9.90 Å². The first-order valence-electron chi connectivity index (χ1n) is 6.35. The van der Waals surface area contributed by atoms with Crippen molar-refractivity contribution in [1.82, 2.24) is 0 Å². The monoisotopic (exact) mass is 267 g/mol. The zero-order chi connectivity index (χ0) is 15.0. The molecule has 0 saturated carbocycles. The van der Waals surface area contributed by atoms with Crippen molar-refractivity contribution >= 4 is 12.0 Å². The fourth-order valence-corrected chi connectivity index (χ4v) is 1.67. The zero-order valence-electron chi connectivity index (χ0n) is 11.6. The molecule has 0 saturated heterocycles. The molecule has 0 amide bonds. The van der Waals surface area contributed by atoms with Gasteiger partial charge in [-0.3, -0.25) is 0 Å². The predicted molar refractivity (Wildman–Crippen MR) is 79.8 cm³/mol. The van der Waals surface area contributed by atoms with Gasteiger partial charge >= 0.3 is 5.97 Å². The fourth-order valence-electron chi connectivity index (χ4n) is 1.67. The number of benzene rings is 1. The van der Waals surface area contributed by atoms with Crippen LogP contribution in [0.3, 0.4) is 0 Å². The Morgan fingerprint density at radius 1 is 1.30 bits per heavy atom. The van der Waals surface area contributed by atoms with E-state index < -0.39 is 5.97 Å². The van der Waals surface area contributed by atoms with Crippen LogP contribution in [-0.2, 0) is 4.79 Å². The number of carboxylic acids is 1. The number of nitrogens with zero attached hydrogens (tertiary/aromatic N) is 1. The van der Waals surface area contributed by atoms with E-state index in [1.54, 1.807) is 26.0 Å². The number of hydrogen-bond acceptors (Lipinski definition) is 2. The third kappa shape index (κ3) is 4.95. The molecule has 20 heavy (non-hydrogen) atoms. The minimum Gasteiger partial charge on any atom is -0.478 e. The molecule has 3 nitrogen and oxygen atoms in total. The maximum Gasteiger partial charge on any atom is 0.331 e. The van der Waals surface area contributed by atoms with Crippen LogP contribution in [0, 0.1) is 11.3 Å². The molecular weight excluding hydrogens is 250 g/mol. The molecule has 0 aromatic heterocycles. The molecule has 0 heterocycles. The standard InChI is InChI=1S/C17H17NO2/c1-3-16(17(19)20)11-15(9-13(2)12-18)10-14-7-5-4-6-8-14/h4-11H,3H2,1-2H3,(H,19,20). The van der Waals surface area contributed by atoms with Gasteiger partial charge in [0.25, 0.3) is 0 Å². The van der Waals surface area contributed by atoms with Crippen molar-refractivity contribution in [2.45, 2.75) is 20.3 Å². The smallest absolute Gasteiger partial charge is 0.331 e. The van der Waals surface area contributed by atoms with Crippen LogP contribution in [0.5, 0.6) is 0 Å². The summed E-state index contributed by atoms with van der Waals surface area (Å²) in [4.78, 5) is 11.1. The molecule has 0 atom stereocenters. The summed E-state index contributed by atoms with van der Waals surface area (Å²) < 4.78 is 0. The molecular formula is C17H17NO2. The van der Waals surface area contributed by atoms with Crippen molar-refractivity contribution in [2.24, 2.45) is 0 Å². The van der Waals surface area contributed by atoms with E-state index in [-0.39, 0.29) is 0 Å². The van der Waals surface area contributed by atoms with Crippen LogP contribution >= 0.6 is 0 Å². The van der Waals surface area contributed by atoms with Gasteiger partial charge in [0.1, 0.15) is 0 Å². The number of aliphatic carboxylic acids is 1. The largest absolute Gasteiger partial charge is 0.478 e. The lowest BCUT2D eigenvalue weighted by Crippen LogP contribution is -1.99. The van der Waals surface area contributed by atoms with E-state index in [0.29, 0.717) is 23.1 Å². The minimum atomic E-state index is -0.936. The lowest BCUT2D eigenvalue weighted by atomic mass is 10.0. The molecule has 3 heteroatoms. The maximum atomic E-state index is 11.1. The van der Waals surface area contributed by atoms with E-state index in [2.05, 4.69) is 0 Å². The lowest BCUT2D eigenvalue weighted by Gasteiger charge is -2.01. The van der Waals surface area contributed by atoms with Crippen molar-refractivity contribution in [3.63, 3.8) is 0 Å².